The minimum absolute atomic E-state index is 0.0264. The fourth-order valence-electron chi connectivity index (χ4n) is 3.37. The Labute approximate surface area is 129 Å². The molecule has 7 nitrogen and oxygen atoms in total. The maximum Gasteiger partial charge on any atom is 0.318 e. The number of methoxy groups -OCH3 is 1. The van der Waals surface area contributed by atoms with Crippen LogP contribution < -0.4 is 0 Å². The molecule has 1 aromatic heterocycles. The number of fused-ring (bicyclic) bond motifs is 2. The van der Waals surface area contributed by atoms with Gasteiger partial charge >= 0.3 is 5.97 Å². The van der Waals surface area contributed by atoms with E-state index >= 15 is 0 Å². The van der Waals surface area contributed by atoms with Gasteiger partial charge in [-0.25, -0.2) is 13.4 Å². The van der Waals surface area contributed by atoms with E-state index in [1.165, 1.54) is 19.5 Å². The maximum absolute atomic E-state index is 12.5. The molecule has 0 spiro atoms. The van der Waals surface area contributed by atoms with E-state index < -0.39 is 21.2 Å². The van der Waals surface area contributed by atoms with Crippen LogP contribution in [0.1, 0.15) is 31.4 Å². The minimum atomic E-state index is -3.49. The summed E-state index contributed by atoms with van der Waals surface area (Å²) in [5.74, 6) is -0.410. The first kappa shape index (κ1) is 15.4. The molecule has 2 atom stereocenters. The zero-order valence-electron chi connectivity index (χ0n) is 12.5. The summed E-state index contributed by atoms with van der Waals surface area (Å²) in [5, 5.41) is -0.132. The van der Waals surface area contributed by atoms with Gasteiger partial charge in [-0.05, 0) is 25.7 Å². The average Bonchev–Trinajstić information content (AvgIpc) is 2.84. The monoisotopic (exact) mass is 326 g/mol. The molecule has 120 valence electrons. The van der Waals surface area contributed by atoms with Gasteiger partial charge in [0.05, 0.1) is 31.2 Å². The van der Waals surface area contributed by atoms with Gasteiger partial charge in [0.15, 0.2) is 14.9 Å². The number of carbonyl (C=O) groups excluding carboxylic acids is 1. The second-order valence-electron chi connectivity index (χ2n) is 5.95. The topological polar surface area (TPSA) is 95.5 Å². The SMILES string of the molecule is COC(=O)C1(c2cncc(S(C)(=O)=O)n2)CC2CCC(C1)O2. The van der Waals surface area contributed by atoms with Crippen molar-refractivity contribution in [1.82, 2.24) is 9.97 Å². The zero-order chi connectivity index (χ0) is 16.0. The van der Waals surface area contributed by atoms with Gasteiger partial charge in [0.25, 0.3) is 0 Å². The molecule has 2 saturated heterocycles. The molecule has 0 radical (unpaired) electrons. The summed E-state index contributed by atoms with van der Waals surface area (Å²) < 4.78 is 34.2. The Morgan fingerprint density at radius 2 is 1.95 bits per heavy atom. The molecule has 0 N–H and O–H groups in total. The Morgan fingerprint density at radius 3 is 2.50 bits per heavy atom. The van der Waals surface area contributed by atoms with E-state index in [4.69, 9.17) is 9.47 Å². The average molecular weight is 326 g/mol. The third kappa shape index (κ3) is 2.50. The number of ether oxygens (including phenoxy) is 2. The maximum atomic E-state index is 12.5. The van der Waals surface area contributed by atoms with Crippen molar-refractivity contribution in [3.8, 4) is 0 Å². The molecule has 2 aliphatic heterocycles. The van der Waals surface area contributed by atoms with Gasteiger partial charge < -0.3 is 9.47 Å². The number of esters is 1. The van der Waals surface area contributed by atoms with Gasteiger partial charge in [-0.1, -0.05) is 0 Å². The lowest BCUT2D eigenvalue weighted by Gasteiger charge is -2.37. The number of hydrogen-bond acceptors (Lipinski definition) is 7. The van der Waals surface area contributed by atoms with Crippen LogP contribution in [0.25, 0.3) is 0 Å². The van der Waals surface area contributed by atoms with E-state index in [9.17, 15) is 13.2 Å². The summed E-state index contributed by atoms with van der Waals surface area (Å²) in [4.78, 5) is 20.6. The summed E-state index contributed by atoms with van der Waals surface area (Å²) in [6.07, 6.45) is 6.33. The van der Waals surface area contributed by atoms with Crippen molar-refractivity contribution in [2.75, 3.05) is 13.4 Å². The first-order valence-electron chi connectivity index (χ1n) is 7.11. The first-order valence-corrected chi connectivity index (χ1v) is 9.01. The van der Waals surface area contributed by atoms with Crippen LogP contribution in [0.3, 0.4) is 0 Å². The first-order chi connectivity index (χ1) is 10.3. The molecule has 0 saturated carbocycles. The second kappa shape index (κ2) is 5.27. The summed E-state index contributed by atoms with van der Waals surface area (Å²) in [6, 6.07) is 0. The molecular formula is C14H18N2O5S. The third-order valence-corrected chi connectivity index (χ3v) is 5.36. The van der Waals surface area contributed by atoms with Crippen molar-refractivity contribution in [1.29, 1.82) is 0 Å². The van der Waals surface area contributed by atoms with Crippen molar-refractivity contribution < 1.29 is 22.7 Å². The van der Waals surface area contributed by atoms with E-state index in [2.05, 4.69) is 9.97 Å². The van der Waals surface area contributed by atoms with E-state index in [0.717, 1.165) is 19.1 Å². The van der Waals surface area contributed by atoms with Crippen LogP contribution in [0.2, 0.25) is 0 Å². The standard InChI is InChI=1S/C14H18N2O5S/c1-20-13(17)14(5-9-3-4-10(6-14)21-9)11-7-15-8-12(16-11)22(2,18)19/h7-10H,3-6H2,1-2H3. The van der Waals surface area contributed by atoms with Crippen LogP contribution in [-0.4, -0.2) is 49.9 Å². The highest BCUT2D eigenvalue weighted by molar-refractivity contribution is 7.90. The number of nitrogens with zero attached hydrogens (tertiary/aromatic N) is 2. The Kier molecular flexibility index (Phi) is 3.68. The van der Waals surface area contributed by atoms with Gasteiger partial charge in [0, 0.05) is 12.5 Å². The van der Waals surface area contributed by atoms with Gasteiger partial charge in [-0.15, -0.1) is 0 Å². The van der Waals surface area contributed by atoms with Crippen molar-refractivity contribution >= 4 is 15.8 Å². The quantitative estimate of drug-likeness (QED) is 0.752. The molecule has 2 bridgehead atoms. The summed E-state index contributed by atoms with van der Waals surface area (Å²) in [7, 11) is -2.16. The van der Waals surface area contributed by atoms with Crippen LogP contribution in [-0.2, 0) is 29.5 Å². The fourth-order valence-corrected chi connectivity index (χ4v) is 3.89. The van der Waals surface area contributed by atoms with Crippen LogP contribution in [0.4, 0.5) is 0 Å². The largest absolute Gasteiger partial charge is 0.468 e. The highest BCUT2D eigenvalue weighted by Gasteiger charge is 2.52. The fraction of sp³-hybridized carbons (Fsp3) is 0.643. The van der Waals surface area contributed by atoms with E-state index in [1.54, 1.807) is 0 Å². The molecule has 2 unspecified atom stereocenters. The highest BCUT2D eigenvalue weighted by atomic mass is 32.2. The molecular weight excluding hydrogens is 308 g/mol. The van der Waals surface area contributed by atoms with Gasteiger partial charge in [0.2, 0.25) is 0 Å². The Balaban J connectivity index is 2.09. The molecule has 1 aromatic rings. The molecule has 2 fully saturated rings. The lowest BCUT2D eigenvalue weighted by Crippen LogP contribution is -2.46. The molecule has 3 heterocycles. The highest BCUT2D eigenvalue weighted by Crippen LogP contribution is 2.45. The lowest BCUT2D eigenvalue weighted by molar-refractivity contribution is -0.155. The lowest BCUT2D eigenvalue weighted by atomic mass is 9.75. The Morgan fingerprint density at radius 1 is 1.32 bits per heavy atom. The van der Waals surface area contributed by atoms with Crippen LogP contribution in [0, 0.1) is 0 Å². The number of rotatable bonds is 3. The van der Waals surface area contributed by atoms with Gasteiger partial charge in [-0.3, -0.25) is 9.78 Å². The summed E-state index contributed by atoms with van der Waals surface area (Å²) in [5.41, 5.74) is -0.630. The zero-order valence-corrected chi connectivity index (χ0v) is 13.3. The smallest absolute Gasteiger partial charge is 0.318 e. The third-order valence-electron chi connectivity index (χ3n) is 4.41. The summed E-state index contributed by atoms with van der Waals surface area (Å²) >= 11 is 0. The molecule has 3 rings (SSSR count). The van der Waals surface area contributed by atoms with Crippen molar-refractivity contribution in [2.24, 2.45) is 0 Å². The molecule has 22 heavy (non-hydrogen) atoms. The Bertz CT molecular complexity index is 691. The van der Waals surface area contributed by atoms with Crippen LogP contribution in [0.5, 0.6) is 0 Å². The number of sulfone groups is 1. The number of aromatic nitrogens is 2. The minimum Gasteiger partial charge on any atom is -0.468 e. The van der Waals surface area contributed by atoms with Crippen molar-refractivity contribution in [3.05, 3.63) is 18.1 Å². The molecule has 0 aromatic carbocycles. The normalized spacial score (nSPS) is 31.0. The Hall–Kier alpha value is -1.54. The van der Waals surface area contributed by atoms with E-state index in [1.807, 2.05) is 0 Å². The molecule has 0 amide bonds. The van der Waals surface area contributed by atoms with Gasteiger partial charge in [-0.2, -0.15) is 0 Å². The van der Waals surface area contributed by atoms with Gasteiger partial charge in [0.1, 0.15) is 5.41 Å². The predicted octanol–water partition coefficient (Wildman–Crippen LogP) is 0.632. The van der Waals surface area contributed by atoms with E-state index in [-0.39, 0.29) is 17.2 Å². The van der Waals surface area contributed by atoms with E-state index in [0.29, 0.717) is 18.5 Å². The van der Waals surface area contributed by atoms with Crippen LogP contribution in [0.15, 0.2) is 17.4 Å². The molecule has 2 aliphatic rings. The van der Waals surface area contributed by atoms with Crippen molar-refractivity contribution in [2.45, 2.75) is 48.3 Å². The predicted molar refractivity (Wildman–Crippen MR) is 76.0 cm³/mol. The second-order valence-corrected chi connectivity index (χ2v) is 7.92. The number of hydrogen-bond donors (Lipinski definition) is 0. The van der Waals surface area contributed by atoms with Crippen LogP contribution >= 0.6 is 0 Å². The summed E-state index contributed by atoms with van der Waals surface area (Å²) in [6.45, 7) is 0. The molecule has 0 aliphatic carbocycles. The van der Waals surface area contributed by atoms with Crippen molar-refractivity contribution in [3.63, 3.8) is 0 Å². The molecule has 8 heteroatoms. The number of carbonyl (C=O) groups is 1.